The van der Waals surface area contributed by atoms with E-state index in [0.717, 1.165) is 52.8 Å². The summed E-state index contributed by atoms with van der Waals surface area (Å²) in [5.41, 5.74) is 5.16. The average Bonchev–Trinajstić information content (AvgIpc) is 2.97. The van der Waals surface area contributed by atoms with E-state index in [-0.39, 0.29) is 0 Å². The van der Waals surface area contributed by atoms with Crippen LogP contribution in [0.25, 0.3) is 16.9 Å². The Balaban J connectivity index is 1.83. The van der Waals surface area contributed by atoms with E-state index in [9.17, 15) is 0 Å². The molecule has 0 radical (unpaired) electrons. The molecule has 0 spiro atoms. The highest BCUT2D eigenvalue weighted by Gasteiger charge is 2.25. The van der Waals surface area contributed by atoms with Crippen molar-refractivity contribution in [1.82, 2.24) is 14.6 Å². The molecule has 1 aliphatic rings. The van der Waals surface area contributed by atoms with Crippen LogP contribution in [0.3, 0.4) is 0 Å². The van der Waals surface area contributed by atoms with Crippen molar-refractivity contribution < 1.29 is 4.74 Å². The second-order valence-electron chi connectivity index (χ2n) is 8.04. The molecule has 1 aromatic carbocycles. The van der Waals surface area contributed by atoms with Crippen LogP contribution < -0.4 is 9.64 Å². The molecule has 2 atom stereocenters. The Morgan fingerprint density at radius 2 is 1.70 bits per heavy atom. The van der Waals surface area contributed by atoms with Crippen molar-refractivity contribution in [2.24, 2.45) is 11.8 Å². The average molecular weight is 364 g/mol. The third-order valence-electron chi connectivity index (χ3n) is 5.48. The van der Waals surface area contributed by atoms with Crippen LogP contribution in [0.5, 0.6) is 5.75 Å². The number of nitrogens with zero attached hydrogens (tertiary/aromatic N) is 4. The Morgan fingerprint density at radius 1 is 1.04 bits per heavy atom. The van der Waals surface area contributed by atoms with Gasteiger partial charge in [0.05, 0.1) is 12.8 Å². The molecule has 0 aliphatic carbocycles. The second-order valence-corrected chi connectivity index (χ2v) is 8.04. The third kappa shape index (κ3) is 3.27. The Hall–Kier alpha value is -2.56. The van der Waals surface area contributed by atoms with Crippen molar-refractivity contribution in [3.63, 3.8) is 0 Å². The number of aryl methyl sites for hydroxylation is 2. The fourth-order valence-corrected chi connectivity index (χ4v) is 4.32. The molecule has 5 nitrogen and oxygen atoms in total. The molecule has 1 aliphatic heterocycles. The van der Waals surface area contributed by atoms with Crippen molar-refractivity contribution >= 4 is 11.5 Å². The molecule has 2 aromatic heterocycles. The maximum Gasteiger partial charge on any atom is 0.161 e. The van der Waals surface area contributed by atoms with Crippen molar-refractivity contribution in [2.45, 2.75) is 34.1 Å². The molecule has 3 aromatic rings. The minimum Gasteiger partial charge on any atom is -0.497 e. The van der Waals surface area contributed by atoms with Crippen molar-refractivity contribution in [1.29, 1.82) is 0 Å². The first kappa shape index (κ1) is 17.8. The minimum atomic E-state index is 0.690. The van der Waals surface area contributed by atoms with E-state index >= 15 is 0 Å². The molecule has 27 heavy (non-hydrogen) atoms. The van der Waals surface area contributed by atoms with Gasteiger partial charge in [-0.1, -0.05) is 13.8 Å². The molecule has 0 N–H and O–H groups in total. The lowest BCUT2D eigenvalue weighted by molar-refractivity contribution is 0.354. The first-order valence-electron chi connectivity index (χ1n) is 9.72. The highest BCUT2D eigenvalue weighted by Crippen LogP contribution is 2.31. The van der Waals surface area contributed by atoms with E-state index < -0.39 is 0 Å². The number of benzene rings is 1. The fourth-order valence-electron chi connectivity index (χ4n) is 4.32. The van der Waals surface area contributed by atoms with Gasteiger partial charge in [-0.05, 0) is 56.4 Å². The number of hydrogen-bond acceptors (Lipinski definition) is 4. The quantitative estimate of drug-likeness (QED) is 0.686. The topological polar surface area (TPSA) is 42.7 Å². The summed E-state index contributed by atoms with van der Waals surface area (Å²) >= 11 is 0. The molecule has 5 heteroatoms. The Bertz CT molecular complexity index is 951. The second kappa shape index (κ2) is 6.87. The van der Waals surface area contributed by atoms with Crippen LogP contribution in [0.1, 0.15) is 31.5 Å². The smallest absolute Gasteiger partial charge is 0.161 e. The monoisotopic (exact) mass is 364 g/mol. The molecule has 0 unspecified atom stereocenters. The predicted molar refractivity (Wildman–Crippen MR) is 110 cm³/mol. The molecule has 1 fully saturated rings. The number of hydrogen-bond donors (Lipinski definition) is 0. The van der Waals surface area contributed by atoms with Crippen molar-refractivity contribution in [2.75, 3.05) is 25.1 Å². The Kier molecular flexibility index (Phi) is 4.54. The van der Waals surface area contributed by atoms with Crippen LogP contribution in [-0.2, 0) is 0 Å². The fraction of sp³-hybridized carbons (Fsp3) is 0.455. The van der Waals surface area contributed by atoms with Gasteiger partial charge in [0.25, 0.3) is 0 Å². The summed E-state index contributed by atoms with van der Waals surface area (Å²) in [6, 6.07) is 10.2. The number of methoxy groups -OCH3 is 1. The van der Waals surface area contributed by atoms with Gasteiger partial charge in [-0.25, -0.2) is 4.98 Å². The van der Waals surface area contributed by atoms with E-state index in [0.29, 0.717) is 11.8 Å². The number of piperidine rings is 1. The van der Waals surface area contributed by atoms with Crippen LogP contribution in [0.2, 0.25) is 0 Å². The van der Waals surface area contributed by atoms with Gasteiger partial charge in [0, 0.05) is 36.0 Å². The van der Waals surface area contributed by atoms with E-state index in [4.69, 9.17) is 14.8 Å². The lowest BCUT2D eigenvalue weighted by Gasteiger charge is -2.36. The number of ether oxygens (including phenoxy) is 1. The van der Waals surface area contributed by atoms with Gasteiger partial charge in [0.2, 0.25) is 0 Å². The Labute approximate surface area is 161 Å². The van der Waals surface area contributed by atoms with Gasteiger partial charge in [0.1, 0.15) is 11.6 Å². The summed E-state index contributed by atoms with van der Waals surface area (Å²) < 4.78 is 7.32. The number of fused-ring (bicyclic) bond motifs is 1. The molecule has 3 heterocycles. The largest absolute Gasteiger partial charge is 0.497 e. The van der Waals surface area contributed by atoms with E-state index in [1.54, 1.807) is 7.11 Å². The lowest BCUT2D eigenvalue weighted by Crippen LogP contribution is -2.39. The van der Waals surface area contributed by atoms with Crippen LogP contribution in [-0.4, -0.2) is 34.8 Å². The first-order valence-corrected chi connectivity index (χ1v) is 9.72. The molecular formula is C22H28N4O. The maximum atomic E-state index is 5.28. The van der Waals surface area contributed by atoms with E-state index in [1.807, 2.05) is 16.6 Å². The van der Waals surface area contributed by atoms with Gasteiger partial charge in [0.15, 0.2) is 5.65 Å². The van der Waals surface area contributed by atoms with Gasteiger partial charge in [-0.15, -0.1) is 0 Å². The minimum absolute atomic E-state index is 0.690. The molecule has 0 saturated carbocycles. The van der Waals surface area contributed by atoms with Crippen LogP contribution in [0.15, 0.2) is 30.3 Å². The number of rotatable bonds is 3. The van der Waals surface area contributed by atoms with E-state index in [1.165, 1.54) is 6.42 Å². The lowest BCUT2D eigenvalue weighted by atomic mass is 9.92. The molecular weight excluding hydrogens is 336 g/mol. The normalized spacial score (nSPS) is 20.3. The summed E-state index contributed by atoms with van der Waals surface area (Å²) in [4.78, 5) is 7.27. The maximum absolute atomic E-state index is 5.28. The SMILES string of the molecule is COc1ccc(-c2nn3c(N4C[C@@H](C)C[C@H](C)C4)cc(C)nc3c2C)cc1. The molecule has 1 saturated heterocycles. The number of anilines is 1. The predicted octanol–water partition coefficient (Wildman–Crippen LogP) is 4.50. The molecule has 0 bridgehead atoms. The highest BCUT2D eigenvalue weighted by atomic mass is 16.5. The highest BCUT2D eigenvalue weighted by molar-refractivity contribution is 5.72. The van der Waals surface area contributed by atoms with Gasteiger partial charge in [-0.2, -0.15) is 9.61 Å². The van der Waals surface area contributed by atoms with Crippen molar-refractivity contribution in [3.05, 3.63) is 41.6 Å². The van der Waals surface area contributed by atoms with Gasteiger partial charge < -0.3 is 9.64 Å². The summed E-state index contributed by atoms with van der Waals surface area (Å²) in [5, 5.41) is 4.98. The third-order valence-corrected chi connectivity index (χ3v) is 5.48. The number of aromatic nitrogens is 3. The molecule has 142 valence electrons. The van der Waals surface area contributed by atoms with Crippen LogP contribution >= 0.6 is 0 Å². The van der Waals surface area contributed by atoms with Crippen LogP contribution in [0, 0.1) is 25.7 Å². The zero-order chi connectivity index (χ0) is 19.1. The summed E-state index contributed by atoms with van der Waals surface area (Å²) in [6.07, 6.45) is 1.29. The summed E-state index contributed by atoms with van der Waals surface area (Å²) in [5.74, 6) is 3.38. The summed E-state index contributed by atoms with van der Waals surface area (Å²) in [7, 11) is 1.69. The first-order chi connectivity index (χ1) is 13.0. The van der Waals surface area contributed by atoms with Gasteiger partial charge >= 0.3 is 0 Å². The summed E-state index contributed by atoms with van der Waals surface area (Å²) in [6.45, 7) is 11.0. The molecule has 0 amide bonds. The molecule has 4 rings (SSSR count). The van der Waals surface area contributed by atoms with E-state index in [2.05, 4.69) is 50.8 Å². The standard InChI is InChI=1S/C22H28N4O/c1-14-10-15(2)13-25(12-14)20-11-16(3)23-22-17(4)21(24-26(20)22)18-6-8-19(27-5)9-7-18/h6-9,11,14-15H,10,12-13H2,1-5H3/t14-,15-/m0/s1. The van der Waals surface area contributed by atoms with Gasteiger partial charge in [-0.3, -0.25) is 0 Å². The zero-order valence-electron chi connectivity index (χ0n) is 16.9. The zero-order valence-corrected chi connectivity index (χ0v) is 16.9. The van der Waals surface area contributed by atoms with Crippen LogP contribution in [0.4, 0.5) is 5.82 Å². The Morgan fingerprint density at radius 3 is 2.33 bits per heavy atom. The van der Waals surface area contributed by atoms with Crippen molar-refractivity contribution in [3.8, 4) is 17.0 Å².